The summed E-state index contributed by atoms with van der Waals surface area (Å²) in [6, 6.07) is 0. The molecule has 0 saturated carbocycles. The van der Waals surface area contributed by atoms with Gasteiger partial charge < -0.3 is 37.1 Å². The van der Waals surface area contributed by atoms with Crippen LogP contribution < -0.4 is 0 Å². The SMILES string of the molecule is II.[CH3-].[CH3-].[CH3-].[CH3-].[CH3-].[Ta+5]. The second-order valence-electron chi connectivity index (χ2n) is 0. The molecule has 0 aliphatic heterocycles. The molecule has 0 N–H and O–H groups in total. The molecule has 54 valence electrons. The molecule has 0 bridgehead atoms. The van der Waals surface area contributed by atoms with Crippen molar-refractivity contribution >= 4 is 37.2 Å². The van der Waals surface area contributed by atoms with Crippen molar-refractivity contribution in [2.24, 2.45) is 0 Å². The first-order chi connectivity index (χ1) is 1.00. The van der Waals surface area contributed by atoms with Crippen molar-refractivity contribution < 1.29 is 22.4 Å². The van der Waals surface area contributed by atoms with E-state index in [1.54, 1.807) is 0 Å². The number of halogens is 2. The van der Waals surface area contributed by atoms with Gasteiger partial charge in [0, 0.05) is 37.2 Å². The molecule has 0 saturated heterocycles. The summed E-state index contributed by atoms with van der Waals surface area (Å²) in [6.45, 7) is 0. The summed E-state index contributed by atoms with van der Waals surface area (Å²) in [7, 11) is 0. The molecule has 0 aromatic rings. The van der Waals surface area contributed by atoms with Crippen LogP contribution >= 0.6 is 37.2 Å². The van der Waals surface area contributed by atoms with Crippen molar-refractivity contribution in [3.8, 4) is 0 Å². The normalized spacial score (nSPS) is 0.750. The Balaban J connectivity index is -0.000000000333. The molecule has 8 heavy (non-hydrogen) atoms. The Hall–Kier alpha value is 2.20. The fourth-order valence-electron chi connectivity index (χ4n) is 0. The maximum atomic E-state index is 2.12. The summed E-state index contributed by atoms with van der Waals surface area (Å²) in [5.74, 6) is 0. The predicted octanol–water partition coefficient (Wildman–Crippen LogP) is 4.02. The van der Waals surface area contributed by atoms with Crippen LogP contribution in [-0.2, 0) is 22.4 Å². The second-order valence-corrected chi connectivity index (χ2v) is 0. The zero-order chi connectivity index (χ0) is 2.00. The van der Waals surface area contributed by atoms with E-state index in [9.17, 15) is 0 Å². The average Bonchev–Trinajstić information content (AvgIpc) is 1.00. The third-order valence-corrected chi connectivity index (χ3v) is 0. The van der Waals surface area contributed by atoms with Gasteiger partial charge in [0.05, 0.1) is 0 Å². The Bertz CT molecular complexity index is 10.4. The molecule has 0 aliphatic carbocycles. The molecular weight excluding hydrogens is 495 g/mol. The van der Waals surface area contributed by atoms with Gasteiger partial charge in [0.15, 0.2) is 0 Å². The van der Waals surface area contributed by atoms with E-state index in [0.717, 1.165) is 0 Å². The monoisotopic (exact) mass is 510 g/mol. The maximum Gasteiger partial charge on any atom is 5.00 e. The van der Waals surface area contributed by atoms with Crippen molar-refractivity contribution in [2.45, 2.75) is 0 Å². The topological polar surface area (TPSA) is 0 Å². The predicted molar refractivity (Wildman–Crippen MR) is 60.1 cm³/mol. The molecule has 0 rings (SSSR count). The van der Waals surface area contributed by atoms with Gasteiger partial charge in [-0.15, -0.1) is 0 Å². The van der Waals surface area contributed by atoms with E-state index in [1.165, 1.54) is 0 Å². The molecule has 0 nitrogen and oxygen atoms in total. The smallest absolute Gasteiger partial charge is 0.358 e. The number of hydrogen-bond donors (Lipinski definition) is 0. The summed E-state index contributed by atoms with van der Waals surface area (Å²) in [4.78, 5) is 0. The van der Waals surface area contributed by atoms with E-state index in [4.69, 9.17) is 0 Å². The first-order valence-corrected chi connectivity index (χ1v) is 6.43. The Morgan fingerprint density at radius 3 is 0.500 bits per heavy atom. The van der Waals surface area contributed by atoms with Crippen molar-refractivity contribution in [1.82, 2.24) is 0 Å². The molecule has 0 heterocycles. The molecule has 0 aliphatic rings. The molecule has 0 amide bonds. The summed E-state index contributed by atoms with van der Waals surface area (Å²) >= 11 is 4.24. The maximum absolute atomic E-state index is 2.12. The quantitative estimate of drug-likeness (QED) is 0.342. The molecule has 0 aromatic carbocycles. The third kappa shape index (κ3) is 87.8. The zero-order valence-electron chi connectivity index (χ0n) is 6.20. The van der Waals surface area contributed by atoms with Crippen molar-refractivity contribution in [1.29, 1.82) is 0 Å². The third-order valence-electron chi connectivity index (χ3n) is 0. The van der Waals surface area contributed by atoms with Crippen LogP contribution in [-0.4, -0.2) is 0 Å². The summed E-state index contributed by atoms with van der Waals surface area (Å²) in [5.41, 5.74) is 0. The molecule has 0 fully saturated rings. The van der Waals surface area contributed by atoms with Gasteiger partial charge in [0.2, 0.25) is 0 Å². The molecule has 0 unspecified atom stereocenters. The Labute approximate surface area is 95.4 Å². The molecule has 0 spiro atoms. The fraction of sp³-hybridized carbons (Fsp3) is 0. The minimum absolute atomic E-state index is 0. The van der Waals surface area contributed by atoms with Gasteiger partial charge >= 0.3 is 22.4 Å². The van der Waals surface area contributed by atoms with Crippen LogP contribution in [0, 0.1) is 37.1 Å². The summed E-state index contributed by atoms with van der Waals surface area (Å²) in [6.07, 6.45) is 0. The van der Waals surface area contributed by atoms with Gasteiger partial charge in [0.25, 0.3) is 0 Å². The molecule has 0 atom stereocenters. The Kier molecular flexibility index (Phi) is 1350. The second kappa shape index (κ2) is 128. The van der Waals surface area contributed by atoms with E-state index in [2.05, 4.69) is 37.2 Å². The molecular formula is C5H15I2Ta. The Morgan fingerprint density at radius 2 is 0.500 bits per heavy atom. The van der Waals surface area contributed by atoms with E-state index in [-0.39, 0.29) is 59.5 Å². The summed E-state index contributed by atoms with van der Waals surface area (Å²) in [5, 5.41) is 0. The van der Waals surface area contributed by atoms with Crippen LogP contribution in [0.2, 0.25) is 0 Å². The van der Waals surface area contributed by atoms with Crippen LogP contribution in [0.4, 0.5) is 0 Å². The summed E-state index contributed by atoms with van der Waals surface area (Å²) < 4.78 is 0. The van der Waals surface area contributed by atoms with Gasteiger partial charge in [-0.2, -0.15) is 0 Å². The van der Waals surface area contributed by atoms with Gasteiger partial charge in [-0.3, -0.25) is 0 Å². The van der Waals surface area contributed by atoms with Gasteiger partial charge in [-0.25, -0.2) is 0 Å². The van der Waals surface area contributed by atoms with E-state index in [0.29, 0.717) is 0 Å². The largest absolute Gasteiger partial charge is 5.00 e. The van der Waals surface area contributed by atoms with E-state index >= 15 is 0 Å². The van der Waals surface area contributed by atoms with Crippen LogP contribution in [0.25, 0.3) is 0 Å². The van der Waals surface area contributed by atoms with Gasteiger partial charge in [0.1, 0.15) is 0 Å². The van der Waals surface area contributed by atoms with Crippen molar-refractivity contribution in [3.05, 3.63) is 37.1 Å². The first kappa shape index (κ1) is 84.3. The fourth-order valence-corrected chi connectivity index (χ4v) is 0. The zero-order valence-corrected chi connectivity index (χ0v) is 13.7. The standard InChI is InChI=1S/5CH3.I2.Ta/c;;;;;1-2;/h5*1H3;;/q5*-1;;+5. The number of hydrogen-bond acceptors (Lipinski definition) is 0. The molecule has 0 radical (unpaired) electrons. The minimum Gasteiger partial charge on any atom is -0.358 e. The average molecular weight is 510 g/mol. The van der Waals surface area contributed by atoms with Crippen molar-refractivity contribution in [2.75, 3.05) is 0 Å². The number of rotatable bonds is 0. The van der Waals surface area contributed by atoms with Crippen LogP contribution in [0.15, 0.2) is 0 Å². The first-order valence-electron chi connectivity index (χ1n) is 0.143. The van der Waals surface area contributed by atoms with E-state index in [1.807, 2.05) is 0 Å². The van der Waals surface area contributed by atoms with Crippen LogP contribution in [0.3, 0.4) is 0 Å². The van der Waals surface area contributed by atoms with Gasteiger partial charge in [-0.05, 0) is 0 Å². The van der Waals surface area contributed by atoms with Crippen LogP contribution in [0.1, 0.15) is 0 Å². The van der Waals surface area contributed by atoms with E-state index < -0.39 is 0 Å². The molecule has 0 aromatic heterocycles. The van der Waals surface area contributed by atoms with Crippen molar-refractivity contribution in [3.63, 3.8) is 0 Å². The van der Waals surface area contributed by atoms with Gasteiger partial charge in [-0.1, -0.05) is 0 Å². The Morgan fingerprint density at radius 1 is 0.500 bits per heavy atom. The molecule has 3 heteroatoms. The minimum atomic E-state index is 0. The van der Waals surface area contributed by atoms with Crippen LogP contribution in [0.5, 0.6) is 0 Å².